The van der Waals surface area contributed by atoms with E-state index in [1.807, 2.05) is 0 Å². The summed E-state index contributed by atoms with van der Waals surface area (Å²) in [5.41, 5.74) is -1.39. The molecule has 1 saturated carbocycles. The van der Waals surface area contributed by atoms with Crippen molar-refractivity contribution >= 4 is 5.97 Å². The molecule has 0 N–H and O–H groups in total. The Balaban J connectivity index is 2.46. The summed E-state index contributed by atoms with van der Waals surface area (Å²) >= 11 is 0. The van der Waals surface area contributed by atoms with Gasteiger partial charge in [0.25, 0.3) is 5.09 Å². The largest absolute Gasteiger partial charge is 0.465 e. The number of hydrogen-bond donors (Lipinski definition) is 0. The fraction of sp³-hybridized carbons (Fsp3) is 0.750. The standard InChI is InChI=1S/C12H17N3O6/c1-3-19-11(16)12(10-13-8(2)20-14-10)7-5-4-6-9(12)21-15(17)18/h9H,3-7H2,1-2H3. The van der Waals surface area contributed by atoms with Crippen LogP contribution in [0.25, 0.3) is 0 Å². The number of aryl methyl sites for hydroxylation is 1. The second kappa shape index (κ2) is 6.06. The minimum absolute atomic E-state index is 0.0880. The highest BCUT2D eigenvalue weighted by Gasteiger charge is 2.55. The van der Waals surface area contributed by atoms with E-state index < -0.39 is 22.6 Å². The number of carbonyl (C=O) groups is 1. The third-order valence-corrected chi connectivity index (χ3v) is 3.62. The molecule has 0 spiro atoms. The van der Waals surface area contributed by atoms with E-state index in [0.717, 1.165) is 6.42 Å². The predicted octanol–water partition coefficient (Wildman–Crippen LogP) is 1.33. The van der Waals surface area contributed by atoms with Gasteiger partial charge in [-0.1, -0.05) is 18.0 Å². The van der Waals surface area contributed by atoms with Crippen LogP contribution in [0.2, 0.25) is 0 Å². The molecule has 0 saturated heterocycles. The van der Waals surface area contributed by atoms with Gasteiger partial charge >= 0.3 is 5.97 Å². The highest BCUT2D eigenvalue weighted by molar-refractivity contribution is 5.83. The SMILES string of the molecule is CCOC(=O)C1(c2noc(C)n2)CCCCC1O[N+](=O)[O-]. The van der Waals surface area contributed by atoms with Gasteiger partial charge in [-0.2, -0.15) is 4.98 Å². The van der Waals surface area contributed by atoms with E-state index >= 15 is 0 Å². The van der Waals surface area contributed by atoms with E-state index in [-0.39, 0.29) is 18.3 Å². The summed E-state index contributed by atoms with van der Waals surface area (Å²) < 4.78 is 10.0. The minimum atomic E-state index is -1.39. The van der Waals surface area contributed by atoms with Crippen LogP contribution >= 0.6 is 0 Å². The molecular formula is C12H17N3O6. The van der Waals surface area contributed by atoms with Gasteiger partial charge in [0.1, 0.15) is 6.10 Å². The van der Waals surface area contributed by atoms with Crippen molar-refractivity contribution in [2.45, 2.75) is 51.0 Å². The van der Waals surface area contributed by atoms with Gasteiger partial charge in [0.05, 0.1) is 6.61 Å². The fourth-order valence-corrected chi connectivity index (χ4v) is 2.71. The topological polar surface area (TPSA) is 118 Å². The average molecular weight is 299 g/mol. The second-order valence-electron chi connectivity index (χ2n) is 4.89. The Morgan fingerprint density at radius 3 is 2.90 bits per heavy atom. The summed E-state index contributed by atoms with van der Waals surface area (Å²) in [5, 5.41) is 13.6. The van der Waals surface area contributed by atoms with Crippen molar-refractivity contribution in [1.29, 1.82) is 0 Å². The van der Waals surface area contributed by atoms with E-state index in [1.165, 1.54) is 0 Å². The summed E-state index contributed by atoms with van der Waals surface area (Å²) in [6, 6.07) is 0. The zero-order valence-electron chi connectivity index (χ0n) is 11.9. The fourth-order valence-electron chi connectivity index (χ4n) is 2.71. The molecule has 9 heteroatoms. The summed E-state index contributed by atoms with van der Waals surface area (Å²) in [4.78, 5) is 32.0. The van der Waals surface area contributed by atoms with Crippen LogP contribution in [0.15, 0.2) is 4.52 Å². The lowest BCUT2D eigenvalue weighted by molar-refractivity contribution is -0.771. The molecule has 2 atom stereocenters. The quantitative estimate of drug-likeness (QED) is 0.454. The van der Waals surface area contributed by atoms with Crippen molar-refractivity contribution in [2.24, 2.45) is 0 Å². The molecule has 2 unspecified atom stereocenters. The van der Waals surface area contributed by atoms with Crippen molar-refractivity contribution in [3.8, 4) is 0 Å². The normalized spacial score (nSPS) is 25.3. The maximum atomic E-state index is 12.5. The van der Waals surface area contributed by atoms with E-state index in [0.29, 0.717) is 19.3 Å². The van der Waals surface area contributed by atoms with Gasteiger partial charge in [-0.25, -0.2) is 0 Å². The predicted molar refractivity (Wildman–Crippen MR) is 67.7 cm³/mol. The molecule has 1 fully saturated rings. The number of hydrogen-bond acceptors (Lipinski definition) is 8. The van der Waals surface area contributed by atoms with Gasteiger partial charge in [-0.3, -0.25) is 4.79 Å². The van der Waals surface area contributed by atoms with E-state index in [9.17, 15) is 14.9 Å². The minimum Gasteiger partial charge on any atom is -0.465 e. The van der Waals surface area contributed by atoms with E-state index in [4.69, 9.17) is 14.1 Å². The molecule has 0 aromatic carbocycles. The molecule has 1 aromatic heterocycles. The number of rotatable bonds is 5. The van der Waals surface area contributed by atoms with Crippen LogP contribution < -0.4 is 0 Å². The lowest BCUT2D eigenvalue weighted by Gasteiger charge is -2.37. The average Bonchev–Trinajstić information content (AvgIpc) is 2.86. The molecule has 0 amide bonds. The second-order valence-corrected chi connectivity index (χ2v) is 4.89. The zero-order valence-corrected chi connectivity index (χ0v) is 11.9. The van der Waals surface area contributed by atoms with Gasteiger partial charge in [0.15, 0.2) is 11.2 Å². The number of esters is 1. The molecule has 0 bridgehead atoms. The molecule has 1 aliphatic carbocycles. The van der Waals surface area contributed by atoms with Gasteiger partial charge in [-0.15, -0.1) is 10.1 Å². The monoisotopic (exact) mass is 299 g/mol. The van der Waals surface area contributed by atoms with Gasteiger partial charge in [0, 0.05) is 6.92 Å². The van der Waals surface area contributed by atoms with Gasteiger partial charge in [0.2, 0.25) is 5.89 Å². The Labute approximate surface area is 120 Å². The Hall–Kier alpha value is -2.19. The van der Waals surface area contributed by atoms with Crippen LogP contribution in [0, 0.1) is 17.0 Å². The first-order valence-corrected chi connectivity index (χ1v) is 6.80. The van der Waals surface area contributed by atoms with Crippen molar-refractivity contribution in [1.82, 2.24) is 10.1 Å². The van der Waals surface area contributed by atoms with Crippen LogP contribution in [0.5, 0.6) is 0 Å². The summed E-state index contributed by atoms with van der Waals surface area (Å²) in [6.07, 6.45) is 1.12. The van der Waals surface area contributed by atoms with Crippen molar-refractivity contribution < 1.29 is 24.0 Å². The molecule has 116 valence electrons. The first-order chi connectivity index (χ1) is 10.0. The lowest BCUT2D eigenvalue weighted by atomic mass is 9.71. The number of nitrogens with zero attached hydrogens (tertiary/aromatic N) is 3. The molecule has 1 heterocycles. The summed E-state index contributed by atoms with van der Waals surface area (Å²) in [7, 11) is 0. The van der Waals surface area contributed by atoms with Crippen LogP contribution in [0.3, 0.4) is 0 Å². The van der Waals surface area contributed by atoms with Crippen molar-refractivity contribution in [2.75, 3.05) is 6.61 Å². The van der Waals surface area contributed by atoms with Crippen LogP contribution in [0.4, 0.5) is 0 Å². The first-order valence-electron chi connectivity index (χ1n) is 6.80. The molecule has 1 aromatic rings. The van der Waals surface area contributed by atoms with E-state index in [1.54, 1.807) is 13.8 Å². The maximum absolute atomic E-state index is 12.5. The van der Waals surface area contributed by atoms with Gasteiger partial charge in [-0.05, 0) is 19.8 Å². The van der Waals surface area contributed by atoms with Crippen molar-refractivity contribution in [3.63, 3.8) is 0 Å². The molecule has 0 aliphatic heterocycles. The number of aromatic nitrogens is 2. The van der Waals surface area contributed by atoms with Gasteiger partial charge < -0.3 is 14.1 Å². The van der Waals surface area contributed by atoms with Crippen LogP contribution in [-0.4, -0.2) is 33.9 Å². The molecule has 9 nitrogen and oxygen atoms in total. The number of carbonyl (C=O) groups excluding carboxylic acids is 1. The number of ether oxygens (including phenoxy) is 1. The summed E-state index contributed by atoms with van der Waals surface area (Å²) in [5.74, 6) is -0.249. The van der Waals surface area contributed by atoms with E-state index in [2.05, 4.69) is 10.1 Å². The molecule has 0 radical (unpaired) electrons. The molecular weight excluding hydrogens is 282 g/mol. The molecule has 21 heavy (non-hydrogen) atoms. The highest BCUT2D eigenvalue weighted by atomic mass is 17.0. The van der Waals surface area contributed by atoms with Crippen LogP contribution in [0.1, 0.15) is 44.3 Å². The van der Waals surface area contributed by atoms with Crippen LogP contribution in [-0.2, 0) is 19.8 Å². The molecule has 2 rings (SSSR count). The van der Waals surface area contributed by atoms with Crippen molar-refractivity contribution in [3.05, 3.63) is 21.8 Å². The Kier molecular flexibility index (Phi) is 4.39. The smallest absolute Gasteiger partial charge is 0.322 e. The summed E-state index contributed by atoms with van der Waals surface area (Å²) in [6.45, 7) is 3.41. The Bertz CT molecular complexity index is 531. The Morgan fingerprint density at radius 1 is 1.57 bits per heavy atom. The lowest BCUT2D eigenvalue weighted by Crippen LogP contribution is -2.52. The maximum Gasteiger partial charge on any atom is 0.322 e. The zero-order chi connectivity index (χ0) is 15.5. The Morgan fingerprint density at radius 2 is 2.33 bits per heavy atom. The highest BCUT2D eigenvalue weighted by Crippen LogP contribution is 2.41. The third-order valence-electron chi connectivity index (χ3n) is 3.62. The third kappa shape index (κ3) is 2.81. The molecule has 1 aliphatic rings. The first kappa shape index (κ1) is 15.2.